The molecule has 162 valence electrons. The number of nitrogens with zero attached hydrogens (tertiary/aromatic N) is 2. The number of hydrogen-bond donors (Lipinski definition) is 1. The maximum Gasteiger partial charge on any atom is 0.266 e. The number of hydrogen-bond acceptors (Lipinski definition) is 6. The van der Waals surface area contributed by atoms with E-state index in [0.717, 1.165) is 0 Å². The summed E-state index contributed by atoms with van der Waals surface area (Å²) < 4.78 is 24.6. The van der Waals surface area contributed by atoms with Gasteiger partial charge >= 0.3 is 0 Å². The number of nitrogens with one attached hydrogen (secondary N) is 1. The van der Waals surface area contributed by atoms with Crippen molar-refractivity contribution in [1.29, 1.82) is 0 Å². The van der Waals surface area contributed by atoms with Gasteiger partial charge in [-0.15, -0.1) is 0 Å². The molecule has 2 amide bonds. The van der Waals surface area contributed by atoms with E-state index in [1.165, 1.54) is 48.0 Å². The summed E-state index contributed by atoms with van der Waals surface area (Å²) in [5, 5.41) is 3.24. The van der Waals surface area contributed by atoms with Crippen LogP contribution in [-0.4, -0.2) is 49.7 Å². The average molecular weight is 508 g/mol. The van der Waals surface area contributed by atoms with E-state index in [4.69, 9.17) is 9.47 Å². The van der Waals surface area contributed by atoms with Crippen LogP contribution in [0.2, 0.25) is 0 Å². The van der Waals surface area contributed by atoms with E-state index in [2.05, 4.69) is 26.2 Å². The summed E-state index contributed by atoms with van der Waals surface area (Å²) in [5.41, 5.74) is 1.17. The van der Waals surface area contributed by atoms with Crippen molar-refractivity contribution in [1.82, 2.24) is 4.90 Å². The van der Waals surface area contributed by atoms with E-state index < -0.39 is 5.91 Å². The number of amides is 2. The van der Waals surface area contributed by atoms with Crippen LogP contribution < -0.4 is 14.8 Å². The fraction of sp³-hybridized carbons (Fsp3) is 0.190. The van der Waals surface area contributed by atoms with Crippen molar-refractivity contribution in [2.45, 2.75) is 0 Å². The first-order valence-corrected chi connectivity index (χ1v) is 10.6. The Balaban J connectivity index is 1.73. The lowest BCUT2D eigenvalue weighted by atomic mass is 10.2. The number of methoxy groups -OCH3 is 1. The van der Waals surface area contributed by atoms with Gasteiger partial charge < -0.3 is 14.8 Å². The molecular weight excluding hydrogens is 489 g/mol. The summed E-state index contributed by atoms with van der Waals surface area (Å²) in [7, 11) is 4.78. The standard InChI is InChI=1S/C21H19BrFN3O4S/c1-24-21-26(2)20(28)18(31-21)9-12-8-16(29-3)17(10-15(12)22)30-11-19(27)25-14-6-4-13(23)5-7-14/h4-10H,11H2,1-3H3,(H,25,27)/b18-9-,24-21?. The van der Waals surface area contributed by atoms with Crippen molar-refractivity contribution >= 4 is 56.4 Å². The predicted molar refractivity (Wildman–Crippen MR) is 123 cm³/mol. The second-order valence-electron chi connectivity index (χ2n) is 6.35. The van der Waals surface area contributed by atoms with Crippen LogP contribution in [0.3, 0.4) is 0 Å². The molecule has 1 saturated heterocycles. The van der Waals surface area contributed by atoms with Crippen LogP contribution in [-0.2, 0) is 9.59 Å². The predicted octanol–water partition coefficient (Wildman–Crippen LogP) is 4.15. The summed E-state index contributed by atoms with van der Waals surface area (Å²) in [4.78, 5) is 30.6. The van der Waals surface area contributed by atoms with Crippen LogP contribution >= 0.6 is 27.7 Å². The second kappa shape index (κ2) is 9.97. The highest BCUT2D eigenvalue weighted by atomic mass is 79.9. The van der Waals surface area contributed by atoms with Gasteiger partial charge in [-0.25, -0.2) is 4.39 Å². The molecule has 0 aliphatic carbocycles. The lowest BCUT2D eigenvalue weighted by Gasteiger charge is -2.13. The molecule has 1 fully saturated rings. The smallest absolute Gasteiger partial charge is 0.266 e. The lowest BCUT2D eigenvalue weighted by molar-refractivity contribution is -0.121. The zero-order chi connectivity index (χ0) is 22.5. The van der Waals surface area contributed by atoms with Crippen molar-refractivity contribution in [2.75, 3.05) is 33.1 Å². The number of rotatable bonds is 6. The lowest BCUT2D eigenvalue weighted by Crippen LogP contribution is -2.23. The van der Waals surface area contributed by atoms with Gasteiger partial charge in [0.1, 0.15) is 5.82 Å². The zero-order valence-electron chi connectivity index (χ0n) is 16.9. The number of anilines is 1. The molecule has 10 heteroatoms. The number of carbonyl (C=O) groups is 2. The molecule has 1 N–H and O–H groups in total. The number of halogens is 2. The van der Waals surface area contributed by atoms with Crippen molar-refractivity contribution < 1.29 is 23.5 Å². The Kier molecular flexibility index (Phi) is 7.34. The van der Waals surface area contributed by atoms with Crippen LogP contribution in [0.15, 0.2) is 50.8 Å². The van der Waals surface area contributed by atoms with Crippen LogP contribution in [0.25, 0.3) is 6.08 Å². The fourth-order valence-corrected chi connectivity index (χ4v) is 4.05. The van der Waals surface area contributed by atoms with Crippen LogP contribution in [0.5, 0.6) is 11.5 Å². The maximum absolute atomic E-state index is 13.0. The number of carbonyl (C=O) groups excluding carboxylic acids is 2. The van der Waals surface area contributed by atoms with E-state index in [0.29, 0.717) is 37.3 Å². The minimum atomic E-state index is -0.404. The highest BCUT2D eigenvalue weighted by molar-refractivity contribution is 9.10. The molecule has 7 nitrogen and oxygen atoms in total. The van der Waals surface area contributed by atoms with Crippen LogP contribution in [0, 0.1) is 5.82 Å². The summed E-state index contributed by atoms with van der Waals surface area (Å²) in [6.45, 7) is -0.268. The molecule has 31 heavy (non-hydrogen) atoms. The summed E-state index contributed by atoms with van der Waals surface area (Å²) in [5.74, 6) is -0.184. The normalized spacial score (nSPS) is 16.2. The Morgan fingerprint density at radius 3 is 2.61 bits per heavy atom. The van der Waals surface area contributed by atoms with Gasteiger partial charge in [0.25, 0.3) is 11.8 Å². The molecule has 0 atom stereocenters. The summed E-state index contributed by atoms with van der Waals surface area (Å²) in [6.07, 6.45) is 1.74. The topological polar surface area (TPSA) is 80.2 Å². The first-order valence-electron chi connectivity index (χ1n) is 9.02. The third-order valence-corrected chi connectivity index (χ3v) is 6.09. The van der Waals surface area contributed by atoms with Crippen molar-refractivity contribution in [3.05, 3.63) is 57.2 Å². The Bertz CT molecular complexity index is 1070. The van der Waals surface area contributed by atoms with Gasteiger partial charge in [0.05, 0.1) is 12.0 Å². The minimum absolute atomic E-state index is 0.144. The molecule has 0 saturated carbocycles. The van der Waals surface area contributed by atoms with Gasteiger partial charge in [-0.05, 0) is 59.8 Å². The van der Waals surface area contributed by atoms with Gasteiger partial charge in [-0.2, -0.15) is 0 Å². The first-order chi connectivity index (χ1) is 14.8. The van der Waals surface area contributed by atoms with Gasteiger partial charge in [0.2, 0.25) is 0 Å². The number of ether oxygens (including phenoxy) is 2. The molecular formula is C21H19BrFN3O4S. The Morgan fingerprint density at radius 2 is 2.00 bits per heavy atom. The highest BCUT2D eigenvalue weighted by Gasteiger charge is 2.30. The molecule has 2 aromatic carbocycles. The monoisotopic (exact) mass is 507 g/mol. The second-order valence-corrected chi connectivity index (χ2v) is 8.21. The molecule has 1 aliphatic heterocycles. The molecule has 0 unspecified atom stereocenters. The van der Waals surface area contributed by atoms with Crippen molar-refractivity contribution in [3.63, 3.8) is 0 Å². The van der Waals surface area contributed by atoms with E-state index in [-0.39, 0.29) is 18.3 Å². The number of amidine groups is 1. The molecule has 3 rings (SSSR count). The van der Waals surface area contributed by atoms with Crippen molar-refractivity contribution in [2.24, 2.45) is 4.99 Å². The SMILES string of the molecule is CN=C1S/C(=C\c2cc(OC)c(OCC(=O)Nc3ccc(F)cc3)cc2Br)C(=O)N1C. The average Bonchev–Trinajstić information content (AvgIpc) is 3.03. The molecule has 0 spiro atoms. The Hall–Kier alpha value is -2.85. The van der Waals surface area contributed by atoms with Crippen LogP contribution in [0.4, 0.5) is 10.1 Å². The van der Waals surface area contributed by atoms with Crippen molar-refractivity contribution in [3.8, 4) is 11.5 Å². The van der Waals surface area contributed by atoms with Gasteiger partial charge in [-0.3, -0.25) is 19.5 Å². The maximum atomic E-state index is 13.0. The number of aliphatic imine (C=N–C) groups is 1. The summed E-state index contributed by atoms with van der Waals surface area (Å²) >= 11 is 4.75. The number of benzene rings is 2. The quantitative estimate of drug-likeness (QED) is 0.594. The largest absolute Gasteiger partial charge is 0.493 e. The van der Waals surface area contributed by atoms with E-state index >= 15 is 0 Å². The van der Waals surface area contributed by atoms with E-state index in [9.17, 15) is 14.0 Å². The molecule has 0 aromatic heterocycles. The third-order valence-electron chi connectivity index (χ3n) is 4.25. The summed E-state index contributed by atoms with van der Waals surface area (Å²) in [6, 6.07) is 8.80. The molecule has 1 aliphatic rings. The Labute approximate surface area is 191 Å². The number of likely N-dealkylation sites (N-methyl/N-ethyl adjacent to an activating group) is 1. The molecule has 0 radical (unpaired) electrons. The number of thioether (sulfide) groups is 1. The molecule has 0 bridgehead atoms. The zero-order valence-corrected chi connectivity index (χ0v) is 19.3. The molecule has 1 heterocycles. The first kappa shape index (κ1) is 22.8. The van der Waals surface area contributed by atoms with E-state index in [1.54, 1.807) is 32.3 Å². The van der Waals surface area contributed by atoms with Gasteiger partial charge in [0.15, 0.2) is 23.3 Å². The Morgan fingerprint density at radius 1 is 1.29 bits per heavy atom. The van der Waals surface area contributed by atoms with Crippen LogP contribution in [0.1, 0.15) is 5.56 Å². The van der Waals surface area contributed by atoms with Gasteiger partial charge in [0, 0.05) is 24.3 Å². The van der Waals surface area contributed by atoms with Gasteiger partial charge in [-0.1, -0.05) is 15.9 Å². The molecule has 2 aromatic rings. The third kappa shape index (κ3) is 5.45. The van der Waals surface area contributed by atoms with E-state index in [1.807, 2.05) is 0 Å². The fourth-order valence-electron chi connectivity index (χ4n) is 2.70. The minimum Gasteiger partial charge on any atom is -0.493 e. The highest BCUT2D eigenvalue weighted by Crippen LogP contribution is 2.37.